The van der Waals surface area contributed by atoms with E-state index in [4.69, 9.17) is 4.99 Å². The normalized spacial score (nSPS) is 16.7. The summed E-state index contributed by atoms with van der Waals surface area (Å²) in [7, 11) is 0. The molecule has 33 heavy (non-hydrogen) atoms. The fourth-order valence-electron chi connectivity index (χ4n) is 4.24. The summed E-state index contributed by atoms with van der Waals surface area (Å²) in [6.07, 6.45) is 0. The summed E-state index contributed by atoms with van der Waals surface area (Å²) in [6, 6.07) is 20.4. The maximum absolute atomic E-state index is 13.8. The average molecular weight is 439 g/mol. The summed E-state index contributed by atoms with van der Waals surface area (Å²) in [5.74, 6) is 0.582. The number of amides is 2. The number of fused-ring (bicyclic) bond motifs is 5. The summed E-state index contributed by atoms with van der Waals surface area (Å²) < 4.78 is 15.3. The van der Waals surface area contributed by atoms with Crippen molar-refractivity contribution in [3.8, 4) is 5.69 Å². The SMILES string of the molecule is Cc1ccc(CN2C(=O)N(c3ccc(F)cc3)C3=Nc4ccccc4-n4nnnc4C32)cc1. The van der Waals surface area contributed by atoms with Crippen LogP contribution in [0.15, 0.2) is 77.8 Å². The zero-order valence-corrected chi connectivity index (χ0v) is 17.6. The highest BCUT2D eigenvalue weighted by Crippen LogP contribution is 2.40. The van der Waals surface area contributed by atoms with E-state index in [1.165, 1.54) is 17.0 Å². The first kappa shape index (κ1) is 19.3. The number of hydrogen-bond acceptors (Lipinski definition) is 5. The smallest absolute Gasteiger partial charge is 0.302 e. The number of rotatable bonds is 3. The van der Waals surface area contributed by atoms with Crippen LogP contribution in [0, 0.1) is 12.7 Å². The van der Waals surface area contributed by atoms with Crippen LogP contribution in [0.2, 0.25) is 0 Å². The summed E-state index contributed by atoms with van der Waals surface area (Å²) in [6.45, 7) is 2.35. The molecule has 8 nitrogen and oxygen atoms in total. The van der Waals surface area contributed by atoms with Gasteiger partial charge >= 0.3 is 6.03 Å². The highest BCUT2D eigenvalue weighted by atomic mass is 19.1. The molecule has 6 rings (SSSR count). The molecule has 2 aliphatic heterocycles. The van der Waals surface area contributed by atoms with Crippen LogP contribution < -0.4 is 4.90 Å². The summed E-state index contributed by atoms with van der Waals surface area (Å²) in [5, 5.41) is 12.4. The van der Waals surface area contributed by atoms with Crippen molar-refractivity contribution in [3.05, 3.63) is 95.6 Å². The van der Waals surface area contributed by atoms with E-state index in [-0.39, 0.29) is 11.8 Å². The summed E-state index contributed by atoms with van der Waals surface area (Å²) >= 11 is 0. The zero-order valence-electron chi connectivity index (χ0n) is 17.6. The van der Waals surface area contributed by atoms with Gasteiger partial charge in [0.25, 0.3) is 0 Å². The number of hydrogen-bond donors (Lipinski definition) is 0. The van der Waals surface area contributed by atoms with Crippen LogP contribution in [0.25, 0.3) is 5.69 Å². The summed E-state index contributed by atoms with van der Waals surface area (Å²) in [4.78, 5) is 21.9. The molecule has 0 N–H and O–H groups in total. The molecule has 0 spiro atoms. The van der Waals surface area contributed by atoms with E-state index in [2.05, 4.69) is 15.5 Å². The van der Waals surface area contributed by atoms with E-state index in [9.17, 15) is 9.18 Å². The van der Waals surface area contributed by atoms with Crippen molar-refractivity contribution < 1.29 is 9.18 Å². The lowest BCUT2D eigenvalue weighted by Gasteiger charge is -2.21. The summed E-state index contributed by atoms with van der Waals surface area (Å²) in [5.41, 5.74) is 3.99. The lowest BCUT2D eigenvalue weighted by atomic mass is 10.1. The largest absolute Gasteiger partial charge is 0.331 e. The van der Waals surface area contributed by atoms with Crippen molar-refractivity contribution in [2.45, 2.75) is 19.5 Å². The van der Waals surface area contributed by atoms with E-state index in [0.717, 1.165) is 16.8 Å². The van der Waals surface area contributed by atoms with E-state index in [1.54, 1.807) is 21.7 Å². The van der Waals surface area contributed by atoms with E-state index < -0.39 is 6.04 Å². The lowest BCUT2D eigenvalue weighted by Crippen LogP contribution is -2.33. The van der Waals surface area contributed by atoms with Crippen molar-refractivity contribution in [1.82, 2.24) is 25.1 Å². The molecular weight excluding hydrogens is 421 g/mol. The molecule has 0 aliphatic carbocycles. The molecule has 1 unspecified atom stereocenters. The Labute approximate surface area is 188 Å². The van der Waals surface area contributed by atoms with Gasteiger partial charge in [-0.25, -0.2) is 19.1 Å². The van der Waals surface area contributed by atoms with Gasteiger partial charge in [-0.05, 0) is 59.3 Å². The number of anilines is 1. The molecular formula is C24H18FN7O. The van der Waals surface area contributed by atoms with Crippen molar-refractivity contribution in [3.63, 3.8) is 0 Å². The predicted molar refractivity (Wildman–Crippen MR) is 120 cm³/mol. The van der Waals surface area contributed by atoms with Gasteiger partial charge in [-0.3, -0.25) is 0 Å². The number of urea groups is 1. The van der Waals surface area contributed by atoms with Crippen LogP contribution in [0.1, 0.15) is 23.0 Å². The molecule has 1 atom stereocenters. The Morgan fingerprint density at radius 3 is 2.52 bits per heavy atom. The molecule has 0 radical (unpaired) electrons. The van der Waals surface area contributed by atoms with Crippen LogP contribution in [0.5, 0.6) is 0 Å². The number of tetrazole rings is 1. The number of benzene rings is 3. The third kappa shape index (κ3) is 3.08. The Morgan fingerprint density at radius 2 is 1.73 bits per heavy atom. The highest BCUT2D eigenvalue weighted by molar-refractivity contribution is 6.24. The third-order valence-corrected chi connectivity index (χ3v) is 5.86. The third-order valence-electron chi connectivity index (χ3n) is 5.86. The number of para-hydroxylation sites is 2. The fourth-order valence-corrected chi connectivity index (χ4v) is 4.24. The van der Waals surface area contributed by atoms with Crippen LogP contribution in [-0.4, -0.2) is 37.0 Å². The highest BCUT2D eigenvalue weighted by Gasteiger charge is 2.48. The first-order chi connectivity index (χ1) is 16.1. The number of nitrogens with zero attached hydrogens (tertiary/aromatic N) is 7. The number of amidine groups is 1. The minimum Gasteiger partial charge on any atom is -0.302 e. The molecule has 1 fully saturated rings. The van der Waals surface area contributed by atoms with E-state index >= 15 is 0 Å². The first-order valence-corrected chi connectivity index (χ1v) is 10.5. The molecule has 4 aromatic rings. The standard InChI is InChI=1S/C24H18FN7O/c1-15-6-8-16(9-7-15)14-30-21-22(31(24(30)33)18-12-10-17(25)11-13-18)26-19-4-2-3-5-20(19)32-23(21)27-28-29-32/h2-13,21H,14H2,1H3. The number of aliphatic imine (C=N–C) groups is 1. The second-order valence-electron chi connectivity index (χ2n) is 8.02. The van der Waals surface area contributed by atoms with Crippen LogP contribution in [0.4, 0.5) is 20.6 Å². The van der Waals surface area contributed by atoms with Gasteiger partial charge in [0.2, 0.25) is 0 Å². The average Bonchev–Trinajstić information content (AvgIpc) is 3.36. The maximum Gasteiger partial charge on any atom is 0.331 e. The molecule has 1 saturated heterocycles. The molecule has 0 saturated carbocycles. The zero-order chi connectivity index (χ0) is 22.5. The number of carbonyl (C=O) groups excluding carboxylic acids is 1. The molecule has 2 aliphatic rings. The van der Waals surface area contributed by atoms with Gasteiger partial charge in [0.05, 0.1) is 17.1 Å². The van der Waals surface area contributed by atoms with Crippen LogP contribution in [0.3, 0.4) is 0 Å². The number of aryl methyl sites for hydroxylation is 1. The minimum absolute atomic E-state index is 0.278. The van der Waals surface area contributed by atoms with Gasteiger partial charge in [-0.15, -0.1) is 5.10 Å². The molecule has 3 aromatic carbocycles. The van der Waals surface area contributed by atoms with E-state index in [1.807, 2.05) is 55.5 Å². The van der Waals surface area contributed by atoms with Gasteiger partial charge in [-0.1, -0.05) is 42.0 Å². The van der Waals surface area contributed by atoms with Crippen molar-refractivity contribution in [1.29, 1.82) is 0 Å². The molecule has 1 aromatic heterocycles. The van der Waals surface area contributed by atoms with Crippen molar-refractivity contribution in [2.24, 2.45) is 4.99 Å². The molecule has 162 valence electrons. The molecule has 2 amide bonds. The molecule has 9 heteroatoms. The van der Waals surface area contributed by atoms with Crippen molar-refractivity contribution in [2.75, 3.05) is 4.90 Å². The predicted octanol–water partition coefficient (Wildman–Crippen LogP) is 4.34. The quantitative estimate of drug-likeness (QED) is 0.476. The fraction of sp³-hybridized carbons (Fsp3) is 0.125. The maximum atomic E-state index is 13.8. The second-order valence-corrected chi connectivity index (χ2v) is 8.02. The number of carbonyl (C=O) groups is 1. The van der Waals surface area contributed by atoms with Crippen molar-refractivity contribution >= 4 is 23.2 Å². The first-order valence-electron chi connectivity index (χ1n) is 10.5. The Bertz CT molecular complexity index is 1400. The Morgan fingerprint density at radius 1 is 0.970 bits per heavy atom. The van der Waals surface area contributed by atoms with Gasteiger partial charge in [0.1, 0.15) is 11.7 Å². The van der Waals surface area contributed by atoms with Crippen LogP contribution in [-0.2, 0) is 6.54 Å². The Balaban J connectivity index is 1.55. The van der Waals surface area contributed by atoms with Gasteiger partial charge < -0.3 is 4.90 Å². The van der Waals surface area contributed by atoms with Gasteiger partial charge in [0.15, 0.2) is 11.9 Å². The topological polar surface area (TPSA) is 79.5 Å². The lowest BCUT2D eigenvalue weighted by molar-refractivity contribution is 0.204. The number of aromatic nitrogens is 4. The minimum atomic E-state index is -0.619. The second kappa shape index (κ2) is 7.33. The van der Waals surface area contributed by atoms with Gasteiger partial charge in [-0.2, -0.15) is 4.68 Å². The molecule has 3 heterocycles. The van der Waals surface area contributed by atoms with E-state index in [0.29, 0.717) is 29.6 Å². The van der Waals surface area contributed by atoms with Gasteiger partial charge in [0, 0.05) is 6.54 Å². The Kier molecular flexibility index (Phi) is 4.29. The van der Waals surface area contributed by atoms with Crippen LogP contribution >= 0.6 is 0 Å². The Hall–Kier alpha value is -4.40. The monoisotopic (exact) mass is 439 g/mol. The molecule has 0 bridgehead atoms. The number of halogens is 1.